The van der Waals surface area contributed by atoms with Gasteiger partial charge >= 0.3 is 0 Å². The Morgan fingerprint density at radius 1 is 1.70 bits per heavy atom. The standard InChI is InChI=1S/C7H7N2S/c1-2-6-7(8-3-1)9-4-5-10-6/h1-2H,4-5H2,(H,8,9). The van der Waals surface area contributed by atoms with Crippen LogP contribution in [0.3, 0.4) is 0 Å². The summed E-state index contributed by atoms with van der Waals surface area (Å²) < 4.78 is 0. The second-order valence-electron chi connectivity index (χ2n) is 2.06. The second kappa shape index (κ2) is 2.50. The molecule has 1 aliphatic heterocycles. The molecule has 1 radical (unpaired) electrons. The van der Waals surface area contributed by atoms with Gasteiger partial charge in [0.05, 0.1) is 6.20 Å². The number of nitrogens with one attached hydrogen (secondary N) is 1. The number of anilines is 1. The summed E-state index contributed by atoms with van der Waals surface area (Å²) >= 11 is 1.84. The molecule has 3 heteroatoms. The van der Waals surface area contributed by atoms with Crippen LogP contribution >= 0.6 is 11.8 Å². The van der Waals surface area contributed by atoms with Crippen molar-refractivity contribution in [1.29, 1.82) is 0 Å². The number of rotatable bonds is 0. The minimum Gasteiger partial charge on any atom is -0.368 e. The van der Waals surface area contributed by atoms with E-state index in [-0.39, 0.29) is 0 Å². The van der Waals surface area contributed by atoms with Crippen LogP contribution in [0.1, 0.15) is 0 Å². The van der Waals surface area contributed by atoms with Crippen molar-refractivity contribution in [3.63, 3.8) is 0 Å². The lowest BCUT2D eigenvalue weighted by Crippen LogP contribution is -2.11. The van der Waals surface area contributed by atoms with Crippen LogP contribution in [0.2, 0.25) is 0 Å². The van der Waals surface area contributed by atoms with E-state index in [1.54, 1.807) is 0 Å². The van der Waals surface area contributed by atoms with E-state index in [1.807, 2.05) is 23.9 Å². The molecule has 1 N–H and O–H groups in total. The number of thioether (sulfide) groups is 1. The van der Waals surface area contributed by atoms with E-state index >= 15 is 0 Å². The van der Waals surface area contributed by atoms with E-state index in [1.165, 1.54) is 4.90 Å². The monoisotopic (exact) mass is 151 g/mol. The van der Waals surface area contributed by atoms with Gasteiger partial charge in [-0.15, -0.1) is 11.8 Å². The summed E-state index contributed by atoms with van der Waals surface area (Å²) in [6.07, 6.45) is 2.79. The Bertz CT molecular complexity index is 212. The average Bonchev–Trinajstić information content (AvgIpc) is 2.05. The van der Waals surface area contributed by atoms with Crippen LogP contribution < -0.4 is 5.32 Å². The highest BCUT2D eigenvalue weighted by atomic mass is 32.2. The molecule has 1 aromatic heterocycles. The zero-order chi connectivity index (χ0) is 6.81. The Kier molecular flexibility index (Phi) is 1.51. The molecule has 0 aromatic carbocycles. The van der Waals surface area contributed by atoms with E-state index in [0.717, 1.165) is 18.1 Å². The maximum Gasteiger partial charge on any atom is 0.140 e. The minimum absolute atomic E-state index is 0.985. The molecule has 2 heterocycles. The second-order valence-corrected chi connectivity index (χ2v) is 3.20. The Balaban J connectivity index is 2.41. The van der Waals surface area contributed by atoms with Crippen LogP contribution in [-0.4, -0.2) is 17.3 Å². The average molecular weight is 151 g/mol. The minimum atomic E-state index is 0.985. The normalized spacial score (nSPS) is 15.6. The van der Waals surface area contributed by atoms with Crippen molar-refractivity contribution in [3.05, 3.63) is 18.3 Å². The molecular weight excluding hydrogens is 144 g/mol. The molecule has 0 aliphatic carbocycles. The fourth-order valence-corrected chi connectivity index (χ4v) is 1.77. The smallest absolute Gasteiger partial charge is 0.140 e. The Labute approximate surface area is 64.0 Å². The van der Waals surface area contributed by atoms with Crippen LogP contribution in [0.15, 0.2) is 17.0 Å². The highest BCUT2D eigenvalue weighted by Gasteiger charge is 2.07. The van der Waals surface area contributed by atoms with Gasteiger partial charge < -0.3 is 5.32 Å². The third-order valence-corrected chi connectivity index (χ3v) is 2.42. The zero-order valence-corrected chi connectivity index (χ0v) is 6.24. The highest BCUT2D eigenvalue weighted by molar-refractivity contribution is 7.99. The summed E-state index contributed by atoms with van der Waals surface area (Å²) in [6.45, 7) is 1.02. The number of pyridine rings is 1. The van der Waals surface area contributed by atoms with Crippen LogP contribution in [0, 0.1) is 6.20 Å². The first-order valence-corrected chi connectivity index (χ1v) is 4.19. The molecule has 0 amide bonds. The van der Waals surface area contributed by atoms with Crippen molar-refractivity contribution < 1.29 is 0 Å². The number of hydrogen-bond acceptors (Lipinski definition) is 3. The maximum absolute atomic E-state index is 4.06. The van der Waals surface area contributed by atoms with Crippen molar-refractivity contribution >= 4 is 17.6 Å². The molecule has 2 rings (SSSR count). The summed E-state index contributed by atoms with van der Waals surface area (Å²) in [4.78, 5) is 5.30. The van der Waals surface area contributed by atoms with Gasteiger partial charge in [0.25, 0.3) is 0 Å². The van der Waals surface area contributed by atoms with E-state index in [9.17, 15) is 0 Å². The highest BCUT2D eigenvalue weighted by Crippen LogP contribution is 2.27. The van der Waals surface area contributed by atoms with E-state index in [4.69, 9.17) is 0 Å². The fraction of sp³-hybridized carbons (Fsp3) is 0.286. The van der Waals surface area contributed by atoms with Crippen molar-refractivity contribution in [1.82, 2.24) is 4.98 Å². The largest absolute Gasteiger partial charge is 0.368 e. The van der Waals surface area contributed by atoms with Crippen molar-refractivity contribution in [2.45, 2.75) is 4.90 Å². The lowest BCUT2D eigenvalue weighted by Gasteiger charge is -2.14. The zero-order valence-electron chi connectivity index (χ0n) is 5.42. The summed E-state index contributed by atoms with van der Waals surface area (Å²) in [5, 5.41) is 3.20. The van der Waals surface area contributed by atoms with Gasteiger partial charge in [0.2, 0.25) is 0 Å². The van der Waals surface area contributed by atoms with Crippen LogP contribution in [0.4, 0.5) is 5.82 Å². The third kappa shape index (κ3) is 0.968. The number of fused-ring (bicyclic) bond motifs is 1. The number of hydrogen-bond donors (Lipinski definition) is 1. The maximum atomic E-state index is 4.06. The molecule has 0 unspecified atom stereocenters. The third-order valence-electron chi connectivity index (χ3n) is 1.37. The molecule has 1 aromatic rings. The SMILES string of the molecule is [c]1ccc2c(n1)NCCS2. The molecule has 1 aliphatic rings. The lowest BCUT2D eigenvalue weighted by molar-refractivity contribution is 1.10. The molecule has 0 spiro atoms. The van der Waals surface area contributed by atoms with Gasteiger partial charge in [-0.1, -0.05) is 0 Å². The first kappa shape index (κ1) is 6.04. The predicted molar refractivity (Wildman–Crippen MR) is 42.3 cm³/mol. The van der Waals surface area contributed by atoms with Gasteiger partial charge in [-0.05, 0) is 12.1 Å². The van der Waals surface area contributed by atoms with E-state index in [0.29, 0.717) is 0 Å². The summed E-state index contributed by atoms with van der Waals surface area (Å²) in [5.41, 5.74) is 0. The van der Waals surface area contributed by atoms with Gasteiger partial charge in [0.1, 0.15) is 5.82 Å². The molecule has 51 valence electrons. The predicted octanol–water partition coefficient (Wildman–Crippen LogP) is 1.40. The van der Waals surface area contributed by atoms with Gasteiger partial charge in [-0.3, -0.25) is 0 Å². The van der Waals surface area contributed by atoms with Crippen LogP contribution in [-0.2, 0) is 0 Å². The summed E-state index contributed by atoms with van der Waals surface area (Å²) in [6, 6.07) is 3.89. The topological polar surface area (TPSA) is 24.9 Å². The molecule has 0 saturated heterocycles. The molecule has 0 fully saturated rings. The quantitative estimate of drug-likeness (QED) is 0.606. The Hall–Kier alpha value is -0.700. The molecular formula is C7H7N2S. The van der Waals surface area contributed by atoms with Gasteiger partial charge in [-0.2, -0.15) is 0 Å². The summed E-state index contributed by atoms with van der Waals surface area (Å²) in [5.74, 6) is 2.12. The fourth-order valence-electron chi connectivity index (χ4n) is 0.922. The summed E-state index contributed by atoms with van der Waals surface area (Å²) in [7, 11) is 0. The van der Waals surface area contributed by atoms with Crippen molar-refractivity contribution in [2.24, 2.45) is 0 Å². The molecule has 2 nitrogen and oxygen atoms in total. The molecule has 0 bridgehead atoms. The van der Waals surface area contributed by atoms with Gasteiger partial charge in [0, 0.05) is 17.2 Å². The van der Waals surface area contributed by atoms with E-state index in [2.05, 4.69) is 16.5 Å². The molecule has 0 saturated carbocycles. The number of aromatic nitrogens is 1. The first-order chi connectivity index (χ1) is 4.97. The molecule has 0 atom stereocenters. The molecule has 10 heavy (non-hydrogen) atoms. The van der Waals surface area contributed by atoms with Crippen LogP contribution in [0.25, 0.3) is 0 Å². The van der Waals surface area contributed by atoms with Gasteiger partial charge in [-0.25, -0.2) is 4.98 Å². The van der Waals surface area contributed by atoms with E-state index < -0.39 is 0 Å². The van der Waals surface area contributed by atoms with Crippen molar-refractivity contribution in [3.8, 4) is 0 Å². The first-order valence-electron chi connectivity index (χ1n) is 3.20. The van der Waals surface area contributed by atoms with Crippen LogP contribution in [0.5, 0.6) is 0 Å². The Morgan fingerprint density at radius 2 is 2.70 bits per heavy atom. The van der Waals surface area contributed by atoms with Crippen molar-refractivity contribution in [2.75, 3.05) is 17.6 Å². The van der Waals surface area contributed by atoms with Gasteiger partial charge in [0.15, 0.2) is 0 Å². The number of nitrogens with zero attached hydrogens (tertiary/aromatic N) is 1. The Morgan fingerprint density at radius 3 is 3.60 bits per heavy atom. The lowest BCUT2D eigenvalue weighted by atomic mass is 10.4.